The molecular weight excluding hydrogens is 487 g/mol. The quantitative estimate of drug-likeness (QED) is 0.346. The van der Waals surface area contributed by atoms with Gasteiger partial charge in [0.05, 0.1) is 0 Å². The minimum Gasteiger partial charge on any atom is -0.354 e. The van der Waals surface area contributed by atoms with Crippen molar-refractivity contribution in [2.24, 2.45) is 4.99 Å². The SMILES string of the molecule is CN=C(NCC(C)(C)NC(C)c1ccccc1)N1CCN(c2ccccn2)CC1.I. The Kier molecular flexibility index (Phi) is 9.36. The van der Waals surface area contributed by atoms with Crippen LogP contribution in [0.3, 0.4) is 0 Å². The van der Waals surface area contributed by atoms with Crippen LogP contribution in [0.5, 0.6) is 0 Å². The third-order valence-electron chi connectivity index (χ3n) is 5.36. The summed E-state index contributed by atoms with van der Waals surface area (Å²) in [6.45, 7) is 11.2. The zero-order valence-electron chi connectivity index (χ0n) is 18.5. The number of hydrogen-bond donors (Lipinski definition) is 2. The van der Waals surface area contributed by atoms with Gasteiger partial charge in [-0.25, -0.2) is 4.98 Å². The number of halogens is 1. The molecule has 1 aromatic heterocycles. The van der Waals surface area contributed by atoms with E-state index >= 15 is 0 Å². The van der Waals surface area contributed by atoms with Crippen LogP contribution >= 0.6 is 24.0 Å². The first-order valence-corrected chi connectivity index (χ1v) is 10.4. The maximum absolute atomic E-state index is 4.52. The number of pyridine rings is 1. The van der Waals surface area contributed by atoms with Crippen molar-refractivity contribution >= 4 is 35.8 Å². The van der Waals surface area contributed by atoms with E-state index in [-0.39, 0.29) is 35.6 Å². The maximum Gasteiger partial charge on any atom is 0.193 e. The van der Waals surface area contributed by atoms with E-state index in [0.29, 0.717) is 0 Å². The molecule has 0 amide bonds. The number of nitrogens with zero attached hydrogens (tertiary/aromatic N) is 4. The topological polar surface area (TPSA) is 55.8 Å². The number of aliphatic imine (C=N–C) groups is 1. The summed E-state index contributed by atoms with van der Waals surface area (Å²) >= 11 is 0. The Morgan fingerprint density at radius 3 is 2.33 bits per heavy atom. The lowest BCUT2D eigenvalue weighted by Crippen LogP contribution is -2.56. The highest BCUT2D eigenvalue weighted by Gasteiger charge is 2.24. The molecule has 6 nitrogen and oxygen atoms in total. The highest BCUT2D eigenvalue weighted by molar-refractivity contribution is 14.0. The molecule has 1 fully saturated rings. The van der Waals surface area contributed by atoms with Gasteiger partial charge < -0.3 is 20.4 Å². The van der Waals surface area contributed by atoms with Gasteiger partial charge in [0.2, 0.25) is 0 Å². The fourth-order valence-corrected chi connectivity index (χ4v) is 3.78. The lowest BCUT2D eigenvalue weighted by Gasteiger charge is -2.38. The van der Waals surface area contributed by atoms with Crippen molar-refractivity contribution < 1.29 is 0 Å². The van der Waals surface area contributed by atoms with Gasteiger partial charge in [0.25, 0.3) is 0 Å². The summed E-state index contributed by atoms with van der Waals surface area (Å²) in [7, 11) is 1.86. The zero-order valence-corrected chi connectivity index (χ0v) is 20.8. The molecule has 1 aliphatic heterocycles. The van der Waals surface area contributed by atoms with Gasteiger partial charge in [-0.2, -0.15) is 0 Å². The number of benzene rings is 1. The van der Waals surface area contributed by atoms with Crippen LogP contribution in [0.25, 0.3) is 0 Å². The smallest absolute Gasteiger partial charge is 0.193 e. The number of aromatic nitrogens is 1. The Hall–Kier alpha value is -1.87. The van der Waals surface area contributed by atoms with E-state index in [1.807, 2.05) is 25.4 Å². The average molecular weight is 522 g/mol. The second-order valence-corrected chi connectivity index (χ2v) is 8.22. The third kappa shape index (κ3) is 6.84. The van der Waals surface area contributed by atoms with Crippen LogP contribution in [0.15, 0.2) is 59.7 Å². The average Bonchev–Trinajstić information content (AvgIpc) is 2.75. The third-order valence-corrected chi connectivity index (χ3v) is 5.36. The second-order valence-electron chi connectivity index (χ2n) is 8.22. The van der Waals surface area contributed by atoms with Crippen molar-refractivity contribution in [3.63, 3.8) is 0 Å². The molecule has 2 heterocycles. The molecule has 2 N–H and O–H groups in total. The lowest BCUT2D eigenvalue weighted by atomic mass is 10.0. The van der Waals surface area contributed by atoms with Crippen molar-refractivity contribution in [2.75, 3.05) is 44.7 Å². The van der Waals surface area contributed by atoms with Crippen LogP contribution in [0.4, 0.5) is 5.82 Å². The predicted molar refractivity (Wildman–Crippen MR) is 137 cm³/mol. The van der Waals surface area contributed by atoms with E-state index in [0.717, 1.165) is 44.5 Å². The summed E-state index contributed by atoms with van der Waals surface area (Å²) in [5.74, 6) is 2.02. The van der Waals surface area contributed by atoms with Gasteiger partial charge in [0, 0.05) is 57.5 Å². The molecule has 2 aromatic rings. The molecule has 1 saturated heterocycles. The fourth-order valence-electron chi connectivity index (χ4n) is 3.78. The molecule has 1 aromatic carbocycles. The lowest BCUT2D eigenvalue weighted by molar-refractivity contribution is 0.328. The fraction of sp³-hybridized carbons (Fsp3) is 0.478. The van der Waals surface area contributed by atoms with Crippen LogP contribution < -0.4 is 15.5 Å². The molecular formula is C23H35IN6. The summed E-state index contributed by atoms with van der Waals surface area (Å²) < 4.78 is 0. The predicted octanol–water partition coefficient (Wildman–Crippen LogP) is 3.53. The summed E-state index contributed by atoms with van der Waals surface area (Å²) in [6, 6.07) is 16.9. The molecule has 1 aliphatic rings. The largest absolute Gasteiger partial charge is 0.354 e. The van der Waals surface area contributed by atoms with Crippen molar-refractivity contribution in [2.45, 2.75) is 32.4 Å². The number of nitrogens with one attached hydrogen (secondary N) is 2. The van der Waals surface area contributed by atoms with Crippen molar-refractivity contribution in [1.82, 2.24) is 20.5 Å². The summed E-state index contributed by atoms with van der Waals surface area (Å²) in [4.78, 5) is 13.6. The molecule has 1 atom stereocenters. The van der Waals surface area contributed by atoms with Crippen LogP contribution in [-0.4, -0.2) is 61.2 Å². The van der Waals surface area contributed by atoms with Gasteiger partial charge in [-0.05, 0) is 38.5 Å². The normalized spacial score (nSPS) is 16.1. The first kappa shape index (κ1) is 24.4. The Bertz CT molecular complexity index is 773. The molecule has 164 valence electrons. The Morgan fingerprint density at radius 2 is 1.73 bits per heavy atom. The highest BCUT2D eigenvalue weighted by Crippen LogP contribution is 2.16. The highest BCUT2D eigenvalue weighted by atomic mass is 127. The van der Waals surface area contributed by atoms with E-state index in [1.54, 1.807) is 0 Å². The second kappa shape index (κ2) is 11.5. The minimum absolute atomic E-state index is 0. The number of guanidine groups is 1. The van der Waals surface area contributed by atoms with E-state index in [2.05, 4.69) is 87.6 Å². The summed E-state index contributed by atoms with van der Waals surface area (Å²) in [5, 5.41) is 7.30. The van der Waals surface area contributed by atoms with E-state index < -0.39 is 0 Å². The Labute approximate surface area is 198 Å². The van der Waals surface area contributed by atoms with E-state index in [9.17, 15) is 0 Å². The molecule has 0 spiro atoms. The number of piperazine rings is 1. The van der Waals surface area contributed by atoms with Gasteiger partial charge in [-0.3, -0.25) is 4.99 Å². The van der Waals surface area contributed by atoms with E-state index in [4.69, 9.17) is 0 Å². The van der Waals surface area contributed by atoms with Crippen LogP contribution in [0.1, 0.15) is 32.4 Å². The van der Waals surface area contributed by atoms with Crippen LogP contribution in [0, 0.1) is 0 Å². The van der Waals surface area contributed by atoms with Crippen LogP contribution in [0.2, 0.25) is 0 Å². The maximum atomic E-state index is 4.52. The van der Waals surface area contributed by atoms with Gasteiger partial charge in [-0.15, -0.1) is 24.0 Å². The molecule has 0 aliphatic carbocycles. The number of anilines is 1. The van der Waals surface area contributed by atoms with Crippen molar-refractivity contribution in [3.05, 3.63) is 60.3 Å². The number of hydrogen-bond acceptors (Lipinski definition) is 4. The van der Waals surface area contributed by atoms with Gasteiger partial charge in [0.1, 0.15) is 5.82 Å². The Balaban J connectivity index is 0.00000320. The monoisotopic (exact) mass is 522 g/mol. The van der Waals surface area contributed by atoms with Gasteiger partial charge >= 0.3 is 0 Å². The minimum atomic E-state index is -0.0685. The molecule has 0 saturated carbocycles. The first-order valence-electron chi connectivity index (χ1n) is 10.4. The van der Waals surface area contributed by atoms with Crippen LogP contribution in [-0.2, 0) is 0 Å². The van der Waals surface area contributed by atoms with Crippen molar-refractivity contribution in [3.8, 4) is 0 Å². The summed E-state index contributed by atoms with van der Waals surface area (Å²) in [6.07, 6.45) is 1.85. The number of rotatable bonds is 6. The molecule has 0 bridgehead atoms. The molecule has 30 heavy (non-hydrogen) atoms. The first-order chi connectivity index (χ1) is 14.0. The molecule has 3 rings (SSSR count). The standard InChI is InChI=1S/C23H34N6.HI/c1-19(20-10-6-5-7-11-20)27-23(2,3)18-26-22(24-4)29-16-14-28(15-17-29)21-12-8-9-13-25-21;/h5-13,19,27H,14-18H2,1-4H3,(H,24,26);1H. The van der Waals surface area contributed by atoms with E-state index in [1.165, 1.54) is 5.56 Å². The Morgan fingerprint density at radius 1 is 1.07 bits per heavy atom. The molecule has 1 unspecified atom stereocenters. The summed E-state index contributed by atoms with van der Waals surface area (Å²) in [5.41, 5.74) is 1.23. The van der Waals surface area contributed by atoms with Gasteiger partial charge in [-0.1, -0.05) is 36.4 Å². The molecule has 7 heteroatoms. The zero-order chi connectivity index (χ0) is 20.7. The molecule has 0 radical (unpaired) electrons. The van der Waals surface area contributed by atoms with Crippen molar-refractivity contribution in [1.29, 1.82) is 0 Å². The van der Waals surface area contributed by atoms with Gasteiger partial charge in [0.15, 0.2) is 5.96 Å².